The second-order valence-corrected chi connectivity index (χ2v) is 9.11. The van der Waals surface area contributed by atoms with Crippen LogP contribution in [0.25, 0.3) is 16.9 Å². The average molecular weight is 488 g/mol. The zero-order chi connectivity index (χ0) is 25.6. The molecular formula is C25H25N7O4. The van der Waals surface area contributed by atoms with Crippen LogP contribution in [0, 0.1) is 0 Å². The summed E-state index contributed by atoms with van der Waals surface area (Å²) in [6.45, 7) is 7.92. The summed E-state index contributed by atoms with van der Waals surface area (Å²) in [4.78, 5) is 39.3. The second-order valence-electron chi connectivity index (χ2n) is 9.11. The van der Waals surface area contributed by atoms with E-state index >= 15 is 0 Å². The van der Waals surface area contributed by atoms with Gasteiger partial charge in [-0.1, -0.05) is 18.2 Å². The number of aliphatic hydroxyl groups is 1. The van der Waals surface area contributed by atoms with Gasteiger partial charge in [-0.25, -0.2) is 24.1 Å². The lowest BCUT2D eigenvalue weighted by atomic mass is 10.1. The highest BCUT2D eigenvalue weighted by Gasteiger charge is 2.24. The van der Waals surface area contributed by atoms with E-state index in [4.69, 9.17) is 0 Å². The first-order valence-corrected chi connectivity index (χ1v) is 11.3. The summed E-state index contributed by atoms with van der Waals surface area (Å²) in [6.07, 6.45) is 2.11. The molecule has 4 aromatic rings. The number of aromatic nitrogens is 5. The molecule has 0 atom stereocenters. The number of carbonyl (C=O) groups is 1. The third-order valence-electron chi connectivity index (χ3n) is 6.01. The molecule has 0 unspecified atom stereocenters. The van der Waals surface area contributed by atoms with Crippen molar-refractivity contribution in [1.82, 2.24) is 29.2 Å². The van der Waals surface area contributed by atoms with Crippen molar-refractivity contribution in [2.45, 2.75) is 39.1 Å². The van der Waals surface area contributed by atoms with Crippen LogP contribution < -0.4 is 10.9 Å². The van der Waals surface area contributed by atoms with Crippen molar-refractivity contribution >= 4 is 28.8 Å². The van der Waals surface area contributed by atoms with Gasteiger partial charge in [0, 0.05) is 25.0 Å². The molecule has 36 heavy (non-hydrogen) atoms. The fraction of sp³-hybridized carbons (Fsp3) is 0.240. The standard InChI is InChI=1S/C25H25N7O4/c1-4-10-31-22(33)18-12-26-23(27-17-9-8-15-13-30(24(34)35)14-16(15)11-17)29-21(18)32(31)20-7-5-6-19(28-20)25(2,3)36/h4-9,11-12,36H,1,10,13-14H2,2-3H3,(H,34,35)(H,26,27,29). The lowest BCUT2D eigenvalue weighted by molar-refractivity contribution is 0.0738. The molecule has 4 heterocycles. The maximum atomic E-state index is 13.1. The van der Waals surface area contributed by atoms with Gasteiger partial charge >= 0.3 is 6.09 Å². The molecule has 1 aliphatic heterocycles. The molecule has 0 aliphatic carbocycles. The summed E-state index contributed by atoms with van der Waals surface area (Å²) >= 11 is 0. The Morgan fingerprint density at radius 2 is 1.97 bits per heavy atom. The minimum Gasteiger partial charge on any atom is -0.465 e. The van der Waals surface area contributed by atoms with Crippen molar-refractivity contribution < 1.29 is 15.0 Å². The lowest BCUT2D eigenvalue weighted by Crippen LogP contribution is -2.23. The normalized spacial score (nSPS) is 13.1. The maximum absolute atomic E-state index is 13.1. The third kappa shape index (κ3) is 4.09. The number of anilines is 2. The van der Waals surface area contributed by atoms with Gasteiger partial charge in [0.1, 0.15) is 11.0 Å². The Bertz CT molecular complexity index is 1570. The monoisotopic (exact) mass is 487 g/mol. The summed E-state index contributed by atoms with van der Waals surface area (Å²) in [5.74, 6) is 0.679. The number of allylic oxidation sites excluding steroid dienone is 1. The van der Waals surface area contributed by atoms with E-state index in [1.807, 2.05) is 18.2 Å². The molecular weight excluding hydrogens is 462 g/mol. The molecule has 0 saturated heterocycles. The average Bonchev–Trinajstić information content (AvgIpc) is 3.38. The summed E-state index contributed by atoms with van der Waals surface area (Å²) in [5, 5.41) is 23.2. The van der Waals surface area contributed by atoms with Crippen LogP contribution in [0.5, 0.6) is 0 Å². The van der Waals surface area contributed by atoms with E-state index in [-0.39, 0.29) is 18.1 Å². The van der Waals surface area contributed by atoms with Crippen molar-refractivity contribution in [3.8, 4) is 5.82 Å². The number of hydrogen-bond acceptors (Lipinski definition) is 7. The van der Waals surface area contributed by atoms with Crippen LogP contribution in [0.3, 0.4) is 0 Å². The quantitative estimate of drug-likeness (QED) is 0.353. The molecule has 0 saturated carbocycles. The molecule has 1 amide bonds. The predicted octanol–water partition coefficient (Wildman–Crippen LogP) is 3.13. The number of carboxylic acid groups (broad SMARTS) is 1. The number of fused-ring (bicyclic) bond motifs is 2. The summed E-state index contributed by atoms with van der Waals surface area (Å²) in [5.41, 5.74) is 1.88. The first-order valence-electron chi connectivity index (χ1n) is 11.3. The number of benzene rings is 1. The van der Waals surface area contributed by atoms with Crippen molar-refractivity contribution in [3.05, 3.63) is 82.4 Å². The van der Waals surface area contributed by atoms with E-state index in [0.717, 1.165) is 11.1 Å². The topological polar surface area (TPSA) is 138 Å². The summed E-state index contributed by atoms with van der Waals surface area (Å²) in [7, 11) is 0. The molecule has 0 spiro atoms. The van der Waals surface area contributed by atoms with Crippen molar-refractivity contribution in [2.24, 2.45) is 0 Å². The van der Waals surface area contributed by atoms with Gasteiger partial charge in [0.15, 0.2) is 11.5 Å². The van der Waals surface area contributed by atoms with E-state index < -0.39 is 11.7 Å². The minimum absolute atomic E-state index is 0.220. The van der Waals surface area contributed by atoms with Gasteiger partial charge in [0.05, 0.1) is 12.2 Å². The molecule has 11 heteroatoms. The van der Waals surface area contributed by atoms with E-state index in [1.165, 1.54) is 15.8 Å². The number of pyridine rings is 1. The maximum Gasteiger partial charge on any atom is 0.407 e. The van der Waals surface area contributed by atoms with Gasteiger partial charge in [-0.05, 0) is 49.2 Å². The zero-order valence-corrected chi connectivity index (χ0v) is 19.8. The van der Waals surface area contributed by atoms with Crippen molar-refractivity contribution in [3.63, 3.8) is 0 Å². The summed E-state index contributed by atoms with van der Waals surface area (Å²) in [6, 6.07) is 10.8. The van der Waals surface area contributed by atoms with E-state index in [1.54, 1.807) is 42.8 Å². The lowest BCUT2D eigenvalue weighted by Gasteiger charge is -2.18. The molecule has 3 N–H and O–H groups in total. The Labute approximate surface area is 206 Å². The van der Waals surface area contributed by atoms with Crippen LogP contribution in [0.15, 0.2) is 60.0 Å². The van der Waals surface area contributed by atoms with Gasteiger partial charge in [-0.2, -0.15) is 4.98 Å². The SMILES string of the molecule is C=CCn1c(=O)c2cnc(Nc3ccc4c(c3)CN(C(=O)O)C4)nc2n1-c1cccc(C(C)(C)O)n1. The first-order chi connectivity index (χ1) is 17.2. The van der Waals surface area contributed by atoms with Crippen molar-refractivity contribution in [1.29, 1.82) is 0 Å². The van der Waals surface area contributed by atoms with Crippen LogP contribution in [0.1, 0.15) is 30.7 Å². The Morgan fingerprint density at radius 3 is 2.69 bits per heavy atom. The number of nitrogens with zero attached hydrogens (tertiary/aromatic N) is 6. The Balaban J connectivity index is 1.57. The minimum atomic E-state index is -1.17. The highest BCUT2D eigenvalue weighted by molar-refractivity contribution is 5.77. The smallest absolute Gasteiger partial charge is 0.407 e. The fourth-order valence-electron chi connectivity index (χ4n) is 4.23. The molecule has 5 rings (SSSR count). The molecule has 0 fully saturated rings. The van der Waals surface area contributed by atoms with Crippen LogP contribution in [-0.2, 0) is 25.2 Å². The molecule has 11 nitrogen and oxygen atoms in total. The number of amides is 1. The van der Waals surface area contributed by atoms with Crippen molar-refractivity contribution in [2.75, 3.05) is 5.32 Å². The number of nitrogens with one attached hydrogen (secondary N) is 1. The van der Waals surface area contributed by atoms with Gasteiger partial charge in [0.25, 0.3) is 5.56 Å². The van der Waals surface area contributed by atoms with Crippen LogP contribution in [-0.4, -0.2) is 45.5 Å². The highest BCUT2D eigenvalue weighted by Crippen LogP contribution is 2.27. The van der Waals surface area contributed by atoms with E-state index in [9.17, 15) is 19.8 Å². The summed E-state index contributed by atoms with van der Waals surface area (Å²) < 4.78 is 3.05. The highest BCUT2D eigenvalue weighted by atomic mass is 16.4. The van der Waals surface area contributed by atoms with Gasteiger partial charge in [-0.3, -0.25) is 9.69 Å². The van der Waals surface area contributed by atoms with Crippen LogP contribution >= 0.6 is 0 Å². The number of hydrogen-bond donors (Lipinski definition) is 3. The molecule has 0 bridgehead atoms. The Hall–Kier alpha value is -4.51. The molecule has 1 aliphatic rings. The fourth-order valence-corrected chi connectivity index (χ4v) is 4.23. The Morgan fingerprint density at radius 1 is 1.19 bits per heavy atom. The zero-order valence-electron chi connectivity index (χ0n) is 19.8. The third-order valence-corrected chi connectivity index (χ3v) is 6.01. The van der Waals surface area contributed by atoms with Crippen LogP contribution in [0.2, 0.25) is 0 Å². The molecule has 3 aromatic heterocycles. The predicted molar refractivity (Wildman–Crippen MR) is 133 cm³/mol. The van der Waals surface area contributed by atoms with E-state index in [0.29, 0.717) is 41.3 Å². The molecule has 1 aromatic carbocycles. The first kappa shape index (κ1) is 23.2. The number of rotatable bonds is 6. The van der Waals surface area contributed by atoms with Gasteiger partial charge in [0.2, 0.25) is 5.95 Å². The second kappa shape index (κ2) is 8.61. The largest absolute Gasteiger partial charge is 0.465 e. The van der Waals surface area contributed by atoms with E-state index in [2.05, 4.69) is 26.8 Å². The molecule has 184 valence electrons. The molecule has 0 radical (unpaired) electrons. The van der Waals surface area contributed by atoms with Gasteiger partial charge < -0.3 is 15.5 Å². The Kier molecular flexibility index (Phi) is 5.56. The van der Waals surface area contributed by atoms with Crippen LogP contribution in [0.4, 0.5) is 16.4 Å². The van der Waals surface area contributed by atoms with Gasteiger partial charge in [-0.15, -0.1) is 6.58 Å².